The number of fused-ring (bicyclic) bond motifs is 1. The third kappa shape index (κ3) is 3.33. The minimum atomic E-state index is -0.862. The Morgan fingerprint density at radius 1 is 1.48 bits per heavy atom. The highest BCUT2D eigenvalue weighted by Crippen LogP contribution is 2.28. The van der Waals surface area contributed by atoms with Crippen LogP contribution in [0.2, 0.25) is 0 Å². The summed E-state index contributed by atoms with van der Waals surface area (Å²) in [6.45, 7) is -0.0680. The van der Waals surface area contributed by atoms with Crippen LogP contribution in [0.5, 0.6) is 0 Å². The molecule has 0 aliphatic carbocycles. The van der Waals surface area contributed by atoms with Crippen molar-refractivity contribution in [2.45, 2.75) is 6.04 Å². The molecule has 1 aliphatic heterocycles. The van der Waals surface area contributed by atoms with E-state index < -0.39 is 23.7 Å². The zero-order chi connectivity index (χ0) is 15.4. The molecule has 2 radical (unpaired) electrons. The second kappa shape index (κ2) is 6.30. The first-order chi connectivity index (χ1) is 10.0. The van der Waals surface area contributed by atoms with Crippen LogP contribution in [-0.2, 0) is 14.3 Å². The Morgan fingerprint density at radius 3 is 2.86 bits per heavy atom. The van der Waals surface area contributed by atoms with Crippen LogP contribution in [0, 0.1) is 0 Å². The average molecular weight is 287 g/mol. The number of esters is 1. The maximum atomic E-state index is 12.5. The first kappa shape index (κ1) is 14.9. The molecule has 2 rings (SSSR count). The van der Waals surface area contributed by atoms with Crippen molar-refractivity contribution in [1.82, 2.24) is 5.32 Å². The Morgan fingerprint density at radius 2 is 2.19 bits per heavy atom. The second-order valence-electron chi connectivity index (χ2n) is 4.46. The zero-order valence-corrected chi connectivity index (χ0v) is 11.5. The van der Waals surface area contributed by atoms with Gasteiger partial charge in [-0.15, -0.1) is 0 Å². The highest BCUT2D eigenvalue weighted by atomic mass is 16.5. The van der Waals surface area contributed by atoms with Crippen LogP contribution >= 0.6 is 0 Å². The summed E-state index contributed by atoms with van der Waals surface area (Å²) in [6.07, 6.45) is 0. The first-order valence-corrected chi connectivity index (χ1v) is 6.30. The lowest BCUT2D eigenvalue weighted by molar-refractivity contribution is -0.140. The molecule has 0 bridgehead atoms. The number of carbonyl (C=O) groups is 3. The lowest BCUT2D eigenvalue weighted by Crippen LogP contribution is -2.51. The van der Waals surface area contributed by atoms with Gasteiger partial charge in [0.2, 0.25) is 7.85 Å². The van der Waals surface area contributed by atoms with E-state index in [4.69, 9.17) is 7.85 Å². The summed E-state index contributed by atoms with van der Waals surface area (Å²) in [4.78, 5) is 36.3. The van der Waals surface area contributed by atoms with E-state index in [0.29, 0.717) is 11.4 Å². The van der Waals surface area contributed by atoms with Crippen molar-refractivity contribution in [1.29, 1.82) is 0 Å². The Balaban J connectivity index is 2.35. The van der Waals surface area contributed by atoms with E-state index in [2.05, 4.69) is 15.4 Å². The molecule has 1 aromatic carbocycles. The number of methoxy groups -OCH3 is 1. The fraction of sp³-hybridized carbons (Fsp3) is 0.308. The SMILES string of the molecule is [B]C(=O)N[C@H]1CNc2ccccc2N(CC(=O)OC)C1=O. The first-order valence-electron chi connectivity index (χ1n) is 6.30. The van der Waals surface area contributed by atoms with Crippen LogP contribution in [0.3, 0.4) is 0 Å². The molecule has 0 saturated heterocycles. The Hall–Kier alpha value is -2.51. The van der Waals surface area contributed by atoms with Crippen LogP contribution in [-0.4, -0.2) is 51.8 Å². The van der Waals surface area contributed by atoms with E-state index in [1.54, 1.807) is 24.3 Å². The molecule has 1 atom stereocenters. The lowest BCUT2D eigenvalue weighted by atomic mass is 10.1. The number of hydrogen-bond acceptors (Lipinski definition) is 5. The summed E-state index contributed by atoms with van der Waals surface area (Å²) in [5, 5.41) is 5.41. The topological polar surface area (TPSA) is 87.7 Å². The molecule has 8 heteroatoms. The molecule has 0 unspecified atom stereocenters. The summed E-state index contributed by atoms with van der Waals surface area (Å²) < 4.78 is 4.61. The lowest BCUT2D eigenvalue weighted by Gasteiger charge is -2.24. The molecule has 0 fully saturated rings. The highest BCUT2D eigenvalue weighted by molar-refractivity contribution is 6.57. The van der Waals surface area contributed by atoms with Gasteiger partial charge in [0.1, 0.15) is 12.6 Å². The molecular weight excluding hydrogens is 273 g/mol. The monoisotopic (exact) mass is 287 g/mol. The van der Waals surface area contributed by atoms with Crippen molar-refractivity contribution in [3.8, 4) is 0 Å². The molecule has 2 amide bonds. The fourth-order valence-corrected chi connectivity index (χ4v) is 2.11. The van der Waals surface area contributed by atoms with Gasteiger partial charge in [0, 0.05) is 6.54 Å². The van der Waals surface area contributed by atoms with E-state index in [-0.39, 0.29) is 13.1 Å². The van der Waals surface area contributed by atoms with E-state index in [9.17, 15) is 14.4 Å². The quantitative estimate of drug-likeness (QED) is 0.597. The molecule has 108 valence electrons. The van der Waals surface area contributed by atoms with Gasteiger partial charge in [0.05, 0.1) is 18.5 Å². The summed E-state index contributed by atoms with van der Waals surface area (Å²) in [7, 11) is 6.32. The fourth-order valence-electron chi connectivity index (χ4n) is 2.11. The number of amides is 2. The van der Waals surface area contributed by atoms with Gasteiger partial charge < -0.3 is 15.4 Å². The maximum Gasteiger partial charge on any atom is 0.325 e. The predicted molar refractivity (Wildman–Crippen MR) is 77.4 cm³/mol. The molecular formula is C13H14BN3O4. The molecule has 1 aliphatic rings. The third-order valence-electron chi connectivity index (χ3n) is 3.09. The van der Waals surface area contributed by atoms with E-state index in [1.165, 1.54) is 12.0 Å². The second-order valence-corrected chi connectivity index (χ2v) is 4.46. The molecule has 2 N–H and O–H groups in total. The largest absolute Gasteiger partial charge is 0.468 e. The molecule has 0 aromatic heterocycles. The maximum absolute atomic E-state index is 12.5. The minimum Gasteiger partial charge on any atom is -0.468 e. The smallest absolute Gasteiger partial charge is 0.325 e. The van der Waals surface area contributed by atoms with Crippen LogP contribution in [0.15, 0.2) is 24.3 Å². The Kier molecular flexibility index (Phi) is 4.47. The number of para-hydroxylation sites is 2. The number of anilines is 2. The molecule has 0 saturated carbocycles. The van der Waals surface area contributed by atoms with Gasteiger partial charge in [-0.3, -0.25) is 19.3 Å². The number of rotatable bonds is 3. The standard InChI is InChI=1S/C13H14BN3O4/c1-21-11(18)7-17-10-5-3-2-4-8(10)15-6-9(12(17)19)16-13(14)20/h2-5,9,15H,6-7H2,1H3,(H,16,20)/t9-/m0/s1. The van der Waals surface area contributed by atoms with Crippen LogP contribution in [0.1, 0.15) is 0 Å². The molecule has 0 spiro atoms. The summed E-state index contributed by atoms with van der Waals surface area (Å²) in [6, 6.07) is 6.17. The van der Waals surface area contributed by atoms with Gasteiger partial charge in [0.25, 0.3) is 5.91 Å². The van der Waals surface area contributed by atoms with E-state index in [0.717, 1.165) is 0 Å². The normalized spacial score (nSPS) is 17.3. The molecule has 7 nitrogen and oxygen atoms in total. The van der Waals surface area contributed by atoms with Gasteiger partial charge >= 0.3 is 5.97 Å². The number of hydrogen-bond donors (Lipinski definition) is 2. The number of benzene rings is 1. The van der Waals surface area contributed by atoms with Gasteiger partial charge in [-0.25, -0.2) is 0 Å². The van der Waals surface area contributed by atoms with Crippen LogP contribution in [0.4, 0.5) is 16.2 Å². The van der Waals surface area contributed by atoms with Crippen molar-refractivity contribution < 1.29 is 19.1 Å². The highest BCUT2D eigenvalue weighted by Gasteiger charge is 2.31. The number of carbonyl (C=O) groups excluding carboxylic acids is 3. The average Bonchev–Trinajstić information content (AvgIpc) is 2.59. The van der Waals surface area contributed by atoms with E-state index >= 15 is 0 Å². The van der Waals surface area contributed by atoms with Gasteiger partial charge in [0.15, 0.2) is 5.81 Å². The predicted octanol–water partition coefficient (Wildman–Crippen LogP) is -0.135. The minimum absolute atomic E-state index is 0.177. The van der Waals surface area contributed by atoms with Crippen molar-refractivity contribution in [2.75, 3.05) is 30.4 Å². The number of nitrogens with one attached hydrogen (secondary N) is 2. The number of ether oxygens (including phenoxy) is 1. The van der Waals surface area contributed by atoms with Crippen molar-refractivity contribution in [3.63, 3.8) is 0 Å². The molecule has 21 heavy (non-hydrogen) atoms. The summed E-state index contributed by atoms with van der Waals surface area (Å²) in [5.41, 5.74) is 1.23. The van der Waals surface area contributed by atoms with Crippen molar-refractivity contribution in [2.24, 2.45) is 0 Å². The molecule has 1 aromatic rings. The summed E-state index contributed by atoms with van der Waals surface area (Å²) in [5.74, 6) is -1.80. The van der Waals surface area contributed by atoms with Gasteiger partial charge in [-0.1, -0.05) is 12.1 Å². The van der Waals surface area contributed by atoms with E-state index in [1.807, 2.05) is 0 Å². The summed E-state index contributed by atoms with van der Waals surface area (Å²) >= 11 is 0. The molecule has 1 heterocycles. The van der Waals surface area contributed by atoms with Gasteiger partial charge in [-0.05, 0) is 12.1 Å². The third-order valence-corrected chi connectivity index (χ3v) is 3.09. The zero-order valence-electron chi connectivity index (χ0n) is 11.5. The Labute approximate surface area is 123 Å². The van der Waals surface area contributed by atoms with Gasteiger partial charge in [-0.2, -0.15) is 0 Å². The van der Waals surface area contributed by atoms with Crippen LogP contribution < -0.4 is 15.5 Å². The Bertz CT molecular complexity index is 578. The van der Waals surface area contributed by atoms with Crippen LogP contribution in [0.25, 0.3) is 0 Å². The van der Waals surface area contributed by atoms with Crippen molar-refractivity contribution >= 4 is 36.9 Å². The number of nitrogens with zero attached hydrogens (tertiary/aromatic N) is 1. The van der Waals surface area contributed by atoms with Crippen molar-refractivity contribution in [3.05, 3.63) is 24.3 Å².